The second-order valence-corrected chi connectivity index (χ2v) is 5.67. The second kappa shape index (κ2) is 4.48. The molecule has 1 heterocycles. The van der Waals surface area contributed by atoms with Crippen LogP contribution in [0.15, 0.2) is 0 Å². The van der Waals surface area contributed by atoms with Crippen molar-refractivity contribution < 1.29 is 5.11 Å². The Labute approximate surface area is 98.5 Å². The number of nitrogens with zero attached hydrogens (tertiary/aromatic N) is 2. The number of aromatic hydroxyl groups is 1. The highest BCUT2D eigenvalue weighted by molar-refractivity contribution is 5.35. The molecule has 0 aliphatic carbocycles. The molecule has 0 unspecified atom stereocenters. The fourth-order valence-corrected chi connectivity index (χ4v) is 1.90. The summed E-state index contributed by atoms with van der Waals surface area (Å²) in [6, 6.07) is 0. The van der Waals surface area contributed by atoms with E-state index < -0.39 is 0 Å². The van der Waals surface area contributed by atoms with E-state index in [0.29, 0.717) is 5.75 Å². The topological polar surface area (TPSA) is 38.0 Å². The summed E-state index contributed by atoms with van der Waals surface area (Å²) in [6.45, 7) is 12.6. The van der Waals surface area contributed by atoms with Crippen molar-refractivity contribution in [3.63, 3.8) is 0 Å². The van der Waals surface area contributed by atoms with Crippen molar-refractivity contribution in [3.05, 3.63) is 11.4 Å². The van der Waals surface area contributed by atoms with E-state index >= 15 is 0 Å². The molecular formula is C13H24N2O. The van der Waals surface area contributed by atoms with Crippen molar-refractivity contribution in [2.45, 2.75) is 65.8 Å². The molecule has 0 aliphatic heterocycles. The van der Waals surface area contributed by atoms with Crippen molar-refractivity contribution in [1.29, 1.82) is 0 Å². The Morgan fingerprint density at radius 1 is 1.31 bits per heavy atom. The zero-order valence-electron chi connectivity index (χ0n) is 11.3. The van der Waals surface area contributed by atoms with Gasteiger partial charge in [0.2, 0.25) is 0 Å². The lowest BCUT2D eigenvalue weighted by Gasteiger charge is -2.23. The molecule has 1 rings (SSSR count). The predicted molar refractivity (Wildman–Crippen MR) is 67.0 cm³/mol. The summed E-state index contributed by atoms with van der Waals surface area (Å²) in [5.41, 5.74) is 1.71. The maximum Gasteiger partial charge on any atom is 0.160 e. The average molecular weight is 224 g/mol. The van der Waals surface area contributed by atoms with Crippen molar-refractivity contribution in [2.75, 3.05) is 0 Å². The molecule has 0 aromatic carbocycles. The van der Waals surface area contributed by atoms with Gasteiger partial charge in [-0.15, -0.1) is 0 Å². The zero-order valence-corrected chi connectivity index (χ0v) is 11.3. The van der Waals surface area contributed by atoms with Gasteiger partial charge in [-0.1, -0.05) is 27.2 Å². The van der Waals surface area contributed by atoms with Gasteiger partial charge in [-0.3, -0.25) is 4.68 Å². The first-order chi connectivity index (χ1) is 7.29. The maximum absolute atomic E-state index is 10.2. The van der Waals surface area contributed by atoms with Crippen LogP contribution in [0.1, 0.15) is 65.3 Å². The highest BCUT2D eigenvalue weighted by Crippen LogP contribution is 2.33. The smallest absolute Gasteiger partial charge is 0.160 e. The first kappa shape index (κ1) is 13.1. The van der Waals surface area contributed by atoms with E-state index in [4.69, 9.17) is 0 Å². The molecule has 0 fully saturated rings. The van der Waals surface area contributed by atoms with Crippen molar-refractivity contribution >= 4 is 0 Å². The van der Waals surface area contributed by atoms with Crippen LogP contribution in [0.5, 0.6) is 5.75 Å². The molecule has 92 valence electrons. The van der Waals surface area contributed by atoms with Crippen LogP contribution in [0.3, 0.4) is 0 Å². The fraction of sp³-hybridized carbons (Fsp3) is 0.769. The van der Waals surface area contributed by atoms with Gasteiger partial charge >= 0.3 is 0 Å². The summed E-state index contributed by atoms with van der Waals surface area (Å²) in [6.07, 6.45) is 1.85. The molecule has 0 saturated heterocycles. The van der Waals surface area contributed by atoms with E-state index in [1.165, 1.54) is 0 Å². The molecule has 3 nitrogen and oxygen atoms in total. The Kier molecular flexibility index (Phi) is 3.66. The molecule has 16 heavy (non-hydrogen) atoms. The summed E-state index contributed by atoms with van der Waals surface area (Å²) < 4.78 is 1.97. The lowest BCUT2D eigenvalue weighted by atomic mass is 10.0. The van der Waals surface area contributed by atoms with Gasteiger partial charge in [0.1, 0.15) is 5.69 Å². The zero-order chi connectivity index (χ0) is 12.5. The molecule has 0 bridgehead atoms. The van der Waals surface area contributed by atoms with E-state index in [9.17, 15) is 5.11 Å². The summed E-state index contributed by atoms with van der Waals surface area (Å²) in [5, 5.41) is 14.7. The number of aromatic nitrogens is 2. The van der Waals surface area contributed by atoms with Gasteiger partial charge in [0.15, 0.2) is 5.75 Å². The lowest BCUT2D eigenvalue weighted by Crippen LogP contribution is -2.26. The molecule has 0 saturated carbocycles. The van der Waals surface area contributed by atoms with Gasteiger partial charge in [-0.25, -0.2) is 0 Å². The third-order valence-electron chi connectivity index (χ3n) is 2.63. The highest BCUT2D eigenvalue weighted by Gasteiger charge is 2.25. The lowest BCUT2D eigenvalue weighted by molar-refractivity contribution is 0.333. The van der Waals surface area contributed by atoms with Crippen LogP contribution in [0.4, 0.5) is 0 Å². The molecule has 0 spiro atoms. The molecule has 0 aliphatic rings. The molecule has 1 aromatic heterocycles. The van der Waals surface area contributed by atoms with Gasteiger partial charge < -0.3 is 5.11 Å². The third-order valence-corrected chi connectivity index (χ3v) is 2.63. The van der Waals surface area contributed by atoms with Crippen LogP contribution in [0, 0.1) is 0 Å². The van der Waals surface area contributed by atoms with E-state index in [-0.39, 0.29) is 11.5 Å². The first-order valence-electron chi connectivity index (χ1n) is 6.10. The minimum Gasteiger partial charge on any atom is -0.504 e. The largest absolute Gasteiger partial charge is 0.504 e. The standard InChI is InChI=1S/C13H24N2O/c1-7-8-10-12(16)11(9(2)3)15(14-10)13(4,5)6/h9,16H,7-8H2,1-6H3. The molecule has 3 heteroatoms. The maximum atomic E-state index is 10.2. The Morgan fingerprint density at radius 3 is 2.19 bits per heavy atom. The van der Waals surface area contributed by atoms with Crippen molar-refractivity contribution in [2.24, 2.45) is 0 Å². The van der Waals surface area contributed by atoms with E-state index in [0.717, 1.165) is 24.2 Å². The molecule has 0 amide bonds. The second-order valence-electron chi connectivity index (χ2n) is 5.67. The van der Waals surface area contributed by atoms with E-state index in [1.807, 2.05) is 4.68 Å². The van der Waals surface area contributed by atoms with E-state index in [2.05, 4.69) is 46.6 Å². The minimum absolute atomic E-state index is 0.0803. The normalized spacial score (nSPS) is 12.4. The molecular weight excluding hydrogens is 200 g/mol. The van der Waals surface area contributed by atoms with Crippen LogP contribution < -0.4 is 0 Å². The SMILES string of the molecule is CCCc1nn(C(C)(C)C)c(C(C)C)c1O. The van der Waals surface area contributed by atoms with Gasteiger partial charge in [-0.05, 0) is 33.1 Å². The van der Waals surface area contributed by atoms with Gasteiger partial charge in [0.05, 0.1) is 11.2 Å². The third kappa shape index (κ3) is 2.39. The van der Waals surface area contributed by atoms with Crippen LogP contribution in [0.25, 0.3) is 0 Å². The van der Waals surface area contributed by atoms with Crippen LogP contribution in [-0.2, 0) is 12.0 Å². The monoisotopic (exact) mass is 224 g/mol. The first-order valence-corrected chi connectivity index (χ1v) is 6.10. The van der Waals surface area contributed by atoms with Crippen molar-refractivity contribution in [3.8, 4) is 5.75 Å². The number of rotatable bonds is 3. The van der Waals surface area contributed by atoms with Crippen LogP contribution >= 0.6 is 0 Å². The Bertz CT molecular complexity index is 359. The molecule has 1 N–H and O–H groups in total. The molecule has 0 radical (unpaired) electrons. The number of hydrogen-bond acceptors (Lipinski definition) is 2. The summed E-state index contributed by atoms with van der Waals surface area (Å²) in [4.78, 5) is 0. The summed E-state index contributed by atoms with van der Waals surface area (Å²) >= 11 is 0. The van der Waals surface area contributed by atoms with Gasteiger partial charge in [0, 0.05) is 0 Å². The van der Waals surface area contributed by atoms with Gasteiger partial charge in [0.25, 0.3) is 0 Å². The highest BCUT2D eigenvalue weighted by atomic mass is 16.3. The Hall–Kier alpha value is -0.990. The number of hydrogen-bond donors (Lipinski definition) is 1. The average Bonchev–Trinajstić information content (AvgIpc) is 2.44. The Morgan fingerprint density at radius 2 is 1.88 bits per heavy atom. The summed E-state index contributed by atoms with van der Waals surface area (Å²) in [7, 11) is 0. The summed E-state index contributed by atoms with van der Waals surface area (Å²) in [5.74, 6) is 0.684. The predicted octanol–water partition coefficient (Wildman–Crippen LogP) is 3.42. The molecule has 0 atom stereocenters. The molecule has 1 aromatic rings. The quantitative estimate of drug-likeness (QED) is 0.854. The fourth-order valence-electron chi connectivity index (χ4n) is 1.90. The number of aryl methyl sites for hydroxylation is 1. The van der Waals surface area contributed by atoms with Crippen LogP contribution in [-0.4, -0.2) is 14.9 Å². The minimum atomic E-state index is -0.0803. The van der Waals surface area contributed by atoms with Gasteiger partial charge in [-0.2, -0.15) is 5.10 Å². The van der Waals surface area contributed by atoms with Crippen LogP contribution in [0.2, 0.25) is 0 Å². The van der Waals surface area contributed by atoms with Crippen molar-refractivity contribution in [1.82, 2.24) is 9.78 Å². The Balaban J connectivity index is 3.31. The van der Waals surface area contributed by atoms with E-state index in [1.54, 1.807) is 0 Å².